The van der Waals surface area contributed by atoms with E-state index in [0.29, 0.717) is 16.6 Å². The van der Waals surface area contributed by atoms with Crippen LogP contribution in [-0.2, 0) is 16.1 Å². The lowest BCUT2D eigenvalue weighted by Gasteiger charge is -2.06. The highest BCUT2D eigenvalue weighted by Crippen LogP contribution is 2.32. The third-order valence-corrected chi connectivity index (χ3v) is 3.81. The average Bonchev–Trinajstić information content (AvgIpc) is 3.12. The van der Waals surface area contributed by atoms with Crippen LogP contribution in [0.15, 0.2) is 23.6 Å². The quantitative estimate of drug-likeness (QED) is 0.836. The van der Waals surface area contributed by atoms with Gasteiger partial charge in [0.1, 0.15) is 0 Å². The molecule has 7 nitrogen and oxygen atoms in total. The standard InChI is InChI=1S/C14H13N3O4S/c1-8-6-22-14(16-8)17-13(19)12(18)15-5-9-2-3-10-11(4-9)21-7-20-10/h2-4,6H,5,7H2,1H3,(H,15,18)(H,16,17,19). The third kappa shape index (κ3) is 3.17. The van der Waals surface area contributed by atoms with E-state index in [2.05, 4.69) is 15.6 Å². The molecule has 0 spiro atoms. The molecular weight excluding hydrogens is 306 g/mol. The Hall–Kier alpha value is -2.61. The predicted octanol–water partition coefficient (Wildman–Crippen LogP) is 1.44. The number of fused-ring (bicyclic) bond motifs is 1. The Morgan fingerprint density at radius 1 is 1.27 bits per heavy atom. The molecule has 1 aliphatic rings. The number of aromatic nitrogens is 1. The number of nitrogens with zero attached hydrogens (tertiary/aromatic N) is 1. The van der Waals surface area contributed by atoms with Crippen LogP contribution in [0.2, 0.25) is 0 Å². The topological polar surface area (TPSA) is 89.6 Å². The Balaban J connectivity index is 1.54. The van der Waals surface area contributed by atoms with Crippen LogP contribution in [0.5, 0.6) is 11.5 Å². The van der Waals surface area contributed by atoms with E-state index in [1.54, 1.807) is 23.6 Å². The van der Waals surface area contributed by atoms with Crippen molar-refractivity contribution >= 4 is 28.3 Å². The van der Waals surface area contributed by atoms with Crippen LogP contribution in [0.1, 0.15) is 11.3 Å². The zero-order valence-corrected chi connectivity index (χ0v) is 12.5. The number of anilines is 1. The molecule has 0 aliphatic carbocycles. The van der Waals surface area contributed by atoms with E-state index in [1.165, 1.54) is 11.3 Å². The van der Waals surface area contributed by atoms with Gasteiger partial charge in [0.15, 0.2) is 16.6 Å². The van der Waals surface area contributed by atoms with Crippen molar-refractivity contribution in [3.05, 3.63) is 34.8 Å². The molecule has 114 valence electrons. The molecule has 0 saturated carbocycles. The van der Waals surface area contributed by atoms with Gasteiger partial charge >= 0.3 is 11.8 Å². The van der Waals surface area contributed by atoms with Crippen molar-refractivity contribution in [1.29, 1.82) is 0 Å². The predicted molar refractivity (Wildman–Crippen MR) is 79.9 cm³/mol. The van der Waals surface area contributed by atoms with Crippen molar-refractivity contribution in [2.45, 2.75) is 13.5 Å². The van der Waals surface area contributed by atoms with Crippen molar-refractivity contribution in [2.75, 3.05) is 12.1 Å². The molecule has 1 aromatic heterocycles. The van der Waals surface area contributed by atoms with E-state index in [4.69, 9.17) is 9.47 Å². The van der Waals surface area contributed by atoms with Crippen LogP contribution < -0.4 is 20.1 Å². The molecular formula is C14H13N3O4S. The molecule has 0 bridgehead atoms. The van der Waals surface area contributed by atoms with Crippen LogP contribution in [0.4, 0.5) is 5.13 Å². The number of amides is 2. The summed E-state index contributed by atoms with van der Waals surface area (Å²) in [6, 6.07) is 5.34. The lowest BCUT2D eigenvalue weighted by molar-refractivity contribution is -0.136. The van der Waals surface area contributed by atoms with Gasteiger partial charge in [0, 0.05) is 11.9 Å². The SMILES string of the molecule is Cc1csc(NC(=O)C(=O)NCc2ccc3c(c2)OCO3)n1. The number of hydrogen-bond donors (Lipinski definition) is 2. The number of thiazole rings is 1. The molecule has 0 atom stereocenters. The minimum absolute atomic E-state index is 0.195. The molecule has 1 aromatic carbocycles. The van der Waals surface area contributed by atoms with Crippen LogP contribution in [0.25, 0.3) is 0 Å². The zero-order valence-electron chi connectivity index (χ0n) is 11.7. The molecule has 2 amide bonds. The number of carbonyl (C=O) groups excluding carboxylic acids is 2. The highest BCUT2D eigenvalue weighted by Gasteiger charge is 2.16. The maximum Gasteiger partial charge on any atom is 0.315 e. The minimum atomic E-state index is -0.741. The molecule has 0 unspecified atom stereocenters. The van der Waals surface area contributed by atoms with Gasteiger partial charge in [-0.2, -0.15) is 0 Å². The molecule has 3 rings (SSSR count). The van der Waals surface area contributed by atoms with E-state index in [-0.39, 0.29) is 13.3 Å². The first-order valence-corrected chi connectivity index (χ1v) is 7.39. The lowest BCUT2D eigenvalue weighted by Crippen LogP contribution is -2.34. The molecule has 0 radical (unpaired) electrons. The number of carbonyl (C=O) groups is 2. The van der Waals surface area contributed by atoms with Crippen molar-refractivity contribution in [2.24, 2.45) is 0 Å². The van der Waals surface area contributed by atoms with Crippen molar-refractivity contribution in [1.82, 2.24) is 10.3 Å². The number of hydrogen-bond acceptors (Lipinski definition) is 6. The fourth-order valence-electron chi connectivity index (χ4n) is 1.88. The number of nitrogens with one attached hydrogen (secondary N) is 2. The van der Waals surface area contributed by atoms with Gasteiger partial charge in [0.2, 0.25) is 6.79 Å². The lowest BCUT2D eigenvalue weighted by atomic mass is 10.2. The van der Waals surface area contributed by atoms with Gasteiger partial charge in [-0.15, -0.1) is 11.3 Å². The van der Waals surface area contributed by atoms with Crippen molar-refractivity contribution in [3.63, 3.8) is 0 Å². The van der Waals surface area contributed by atoms with Crippen LogP contribution in [-0.4, -0.2) is 23.6 Å². The molecule has 22 heavy (non-hydrogen) atoms. The summed E-state index contributed by atoms with van der Waals surface area (Å²) in [5.41, 5.74) is 1.61. The zero-order chi connectivity index (χ0) is 15.5. The van der Waals surface area contributed by atoms with E-state index in [0.717, 1.165) is 11.3 Å². The number of aryl methyl sites for hydroxylation is 1. The van der Waals surface area contributed by atoms with E-state index >= 15 is 0 Å². The highest BCUT2D eigenvalue weighted by molar-refractivity contribution is 7.14. The van der Waals surface area contributed by atoms with Crippen molar-refractivity contribution < 1.29 is 19.1 Å². The Morgan fingerprint density at radius 3 is 2.86 bits per heavy atom. The van der Waals surface area contributed by atoms with Crippen LogP contribution in [0.3, 0.4) is 0 Å². The van der Waals surface area contributed by atoms with E-state index in [9.17, 15) is 9.59 Å². The summed E-state index contributed by atoms with van der Waals surface area (Å²) in [4.78, 5) is 27.6. The normalized spacial score (nSPS) is 12.0. The summed E-state index contributed by atoms with van der Waals surface area (Å²) in [5, 5.41) is 7.19. The van der Waals surface area contributed by atoms with Crippen LogP contribution in [0, 0.1) is 6.92 Å². The Morgan fingerprint density at radius 2 is 2.09 bits per heavy atom. The molecule has 8 heteroatoms. The molecule has 0 saturated heterocycles. The Kier molecular flexibility index (Phi) is 3.92. The molecule has 1 aliphatic heterocycles. The minimum Gasteiger partial charge on any atom is -0.454 e. The van der Waals surface area contributed by atoms with E-state index < -0.39 is 11.8 Å². The first-order valence-electron chi connectivity index (χ1n) is 6.51. The Bertz CT molecular complexity index is 729. The second kappa shape index (κ2) is 6.02. The van der Waals surface area contributed by atoms with E-state index in [1.807, 2.05) is 6.92 Å². The van der Waals surface area contributed by atoms with Gasteiger partial charge in [-0.05, 0) is 24.6 Å². The summed E-state index contributed by atoms with van der Waals surface area (Å²) < 4.78 is 10.5. The van der Waals surface area contributed by atoms with Crippen LogP contribution >= 0.6 is 11.3 Å². The molecule has 2 heterocycles. The fourth-order valence-corrected chi connectivity index (χ4v) is 2.56. The molecule has 2 N–H and O–H groups in total. The van der Waals surface area contributed by atoms with Gasteiger partial charge in [-0.25, -0.2) is 4.98 Å². The summed E-state index contributed by atoms with van der Waals surface area (Å²) >= 11 is 1.27. The van der Waals surface area contributed by atoms with Gasteiger partial charge in [-0.1, -0.05) is 6.07 Å². The first-order chi connectivity index (χ1) is 10.6. The number of ether oxygens (including phenoxy) is 2. The summed E-state index contributed by atoms with van der Waals surface area (Å²) in [6.07, 6.45) is 0. The molecule has 2 aromatic rings. The van der Waals surface area contributed by atoms with Gasteiger partial charge in [0.25, 0.3) is 0 Å². The first kappa shape index (κ1) is 14.3. The maximum absolute atomic E-state index is 11.8. The third-order valence-electron chi connectivity index (χ3n) is 2.94. The highest BCUT2D eigenvalue weighted by atomic mass is 32.1. The molecule has 0 fully saturated rings. The monoisotopic (exact) mass is 319 g/mol. The smallest absolute Gasteiger partial charge is 0.315 e. The second-order valence-electron chi connectivity index (χ2n) is 4.62. The van der Waals surface area contributed by atoms with Gasteiger partial charge in [0.05, 0.1) is 5.69 Å². The summed E-state index contributed by atoms with van der Waals surface area (Å²) in [6.45, 7) is 2.23. The van der Waals surface area contributed by atoms with Gasteiger partial charge < -0.3 is 14.8 Å². The average molecular weight is 319 g/mol. The number of benzene rings is 1. The van der Waals surface area contributed by atoms with Crippen molar-refractivity contribution in [3.8, 4) is 11.5 Å². The summed E-state index contributed by atoms with van der Waals surface area (Å²) in [5.74, 6) is -0.151. The maximum atomic E-state index is 11.8. The second-order valence-corrected chi connectivity index (χ2v) is 5.48. The summed E-state index contributed by atoms with van der Waals surface area (Å²) in [7, 11) is 0. The largest absolute Gasteiger partial charge is 0.454 e. The fraction of sp³-hybridized carbons (Fsp3) is 0.214. The number of rotatable bonds is 3. The Labute approximate surface area is 130 Å². The van der Waals surface area contributed by atoms with Gasteiger partial charge in [-0.3, -0.25) is 14.9 Å².